The molecule has 0 saturated carbocycles. The van der Waals surface area contributed by atoms with E-state index in [0.717, 1.165) is 11.1 Å². The molecule has 0 bridgehead atoms. The third kappa shape index (κ3) is 4.12. The fourth-order valence-corrected chi connectivity index (χ4v) is 5.31. The number of aliphatic hydroxyl groups excluding tert-OH is 1. The Hall–Kier alpha value is -4.44. The standard InChI is InChI=1S/C28H28N4O6/c1-15(29)19(14-33)25(34)32-24(18-12-16-4-3-5-22(37-2)23(16)18)26(35)30-17-6-7-20-21(13-17)31-27(36)28(20)8-10-38-11-9-28/h3-7,13-14,29,33H,8-12H2,1-2H3,(H,30,35)(H,31,36)(H,32,34)/b19-14+,24-18?,29-15?. The lowest BCUT2D eigenvalue weighted by Crippen LogP contribution is -2.39. The Balaban J connectivity index is 1.48. The van der Waals surface area contributed by atoms with E-state index in [1.807, 2.05) is 18.2 Å². The van der Waals surface area contributed by atoms with Crippen LogP contribution in [0.1, 0.15) is 36.5 Å². The van der Waals surface area contributed by atoms with Gasteiger partial charge in [0.05, 0.1) is 24.4 Å². The van der Waals surface area contributed by atoms with Crippen molar-refractivity contribution in [3.05, 3.63) is 70.6 Å². The average Bonchev–Trinajstić information content (AvgIpc) is 3.14. The summed E-state index contributed by atoms with van der Waals surface area (Å²) in [7, 11) is 1.53. The summed E-state index contributed by atoms with van der Waals surface area (Å²) in [5.41, 5.74) is 3.13. The molecule has 0 aromatic heterocycles. The van der Waals surface area contributed by atoms with E-state index >= 15 is 0 Å². The first kappa shape index (κ1) is 25.2. The Kier molecular flexibility index (Phi) is 6.50. The summed E-state index contributed by atoms with van der Waals surface area (Å²) in [6, 6.07) is 10.8. The maximum absolute atomic E-state index is 13.6. The Labute approximate surface area is 219 Å². The summed E-state index contributed by atoms with van der Waals surface area (Å²) in [6.07, 6.45) is 2.15. The number of fused-ring (bicyclic) bond motifs is 3. The molecular formula is C28H28N4O6. The Morgan fingerprint density at radius 3 is 2.63 bits per heavy atom. The smallest absolute Gasteiger partial charge is 0.272 e. The molecule has 10 heteroatoms. The molecule has 2 aromatic rings. The van der Waals surface area contributed by atoms with Crippen LogP contribution in [0.25, 0.3) is 5.57 Å². The van der Waals surface area contributed by atoms with E-state index in [1.165, 1.54) is 14.0 Å². The van der Waals surface area contributed by atoms with Gasteiger partial charge in [-0.05, 0) is 54.7 Å². The highest BCUT2D eigenvalue weighted by Crippen LogP contribution is 2.46. The van der Waals surface area contributed by atoms with E-state index in [0.29, 0.717) is 67.0 Å². The van der Waals surface area contributed by atoms with Crippen molar-refractivity contribution in [2.24, 2.45) is 0 Å². The quantitative estimate of drug-likeness (QED) is 0.226. The van der Waals surface area contributed by atoms with Crippen LogP contribution in [0, 0.1) is 5.41 Å². The van der Waals surface area contributed by atoms with Crippen LogP contribution >= 0.6 is 0 Å². The topological polar surface area (TPSA) is 150 Å². The molecule has 5 N–H and O–H groups in total. The Morgan fingerprint density at radius 1 is 1.18 bits per heavy atom. The first-order valence-electron chi connectivity index (χ1n) is 12.2. The van der Waals surface area contributed by atoms with Crippen molar-refractivity contribution in [2.45, 2.75) is 31.6 Å². The van der Waals surface area contributed by atoms with Gasteiger partial charge in [0.25, 0.3) is 11.8 Å². The lowest BCUT2D eigenvalue weighted by Gasteiger charge is -2.31. The average molecular weight is 517 g/mol. The molecule has 0 unspecified atom stereocenters. The van der Waals surface area contributed by atoms with Gasteiger partial charge in [-0.1, -0.05) is 18.2 Å². The van der Waals surface area contributed by atoms with Gasteiger partial charge in [-0.2, -0.15) is 0 Å². The van der Waals surface area contributed by atoms with Crippen LogP contribution in [0.2, 0.25) is 0 Å². The van der Waals surface area contributed by atoms with Crippen molar-refractivity contribution in [1.82, 2.24) is 5.32 Å². The lowest BCUT2D eigenvalue weighted by atomic mass is 9.75. The number of carbonyl (C=O) groups excluding carboxylic acids is 3. The zero-order valence-electron chi connectivity index (χ0n) is 21.1. The zero-order chi connectivity index (χ0) is 27.0. The van der Waals surface area contributed by atoms with Crippen molar-refractivity contribution in [1.29, 1.82) is 5.41 Å². The number of ether oxygens (including phenoxy) is 2. The molecule has 3 amide bonds. The van der Waals surface area contributed by atoms with Gasteiger partial charge in [-0.25, -0.2) is 0 Å². The van der Waals surface area contributed by atoms with Crippen molar-refractivity contribution in [3.63, 3.8) is 0 Å². The first-order chi connectivity index (χ1) is 18.3. The third-order valence-corrected chi connectivity index (χ3v) is 7.37. The van der Waals surface area contributed by atoms with E-state index in [1.54, 1.807) is 18.2 Å². The second-order valence-corrected chi connectivity index (χ2v) is 9.51. The second-order valence-electron chi connectivity index (χ2n) is 9.51. The number of methoxy groups -OCH3 is 1. The monoisotopic (exact) mass is 516 g/mol. The molecule has 196 valence electrons. The highest BCUT2D eigenvalue weighted by Gasteiger charge is 2.47. The van der Waals surface area contributed by atoms with Gasteiger partial charge in [-0.15, -0.1) is 0 Å². The first-order valence-corrected chi connectivity index (χ1v) is 12.2. The minimum Gasteiger partial charge on any atom is -0.515 e. The number of benzene rings is 2. The van der Waals surface area contributed by atoms with Crippen LogP contribution in [0.5, 0.6) is 5.75 Å². The van der Waals surface area contributed by atoms with Crippen LogP contribution in [-0.2, 0) is 31.0 Å². The van der Waals surface area contributed by atoms with Crippen molar-refractivity contribution < 1.29 is 29.0 Å². The van der Waals surface area contributed by atoms with Gasteiger partial charge in [0.1, 0.15) is 11.4 Å². The van der Waals surface area contributed by atoms with Crippen molar-refractivity contribution in [3.8, 4) is 5.75 Å². The summed E-state index contributed by atoms with van der Waals surface area (Å²) in [4.78, 5) is 39.3. The maximum Gasteiger partial charge on any atom is 0.272 e. The SMILES string of the molecule is COc1cccc2c1C(=C(NC(=O)/C(=C/O)C(C)=N)C(=O)Nc1ccc3c(c1)NC(=O)C31CCOCC1)C2. The van der Waals surface area contributed by atoms with Crippen LogP contribution in [0.15, 0.2) is 53.9 Å². The molecular weight excluding hydrogens is 488 g/mol. The number of rotatable bonds is 6. The largest absolute Gasteiger partial charge is 0.515 e. The highest BCUT2D eigenvalue weighted by molar-refractivity contribution is 6.22. The predicted octanol–water partition coefficient (Wildman–Crippen LogP) is 3.20. The summed E-state index contributed by atoms with van der Waals surface area (Å²) >= 11 is 0. The molecule has 10 nitrogen and oxygen atoms in total. The second kappa shape index (κ2) is 9.79. The number of allylic oxidation sites excluding steroid dienone is 1. The molecule has 1 fully saturated rings. The van der Waals surface area contributed by atoms with Crippen molar-refractivity contribution in [2.75, 3.05) is 31.0 Å². The lowest BCUT2D eigenvalue weighted by molar-refractivity contribution is -0.124. The van der Waals surface area contributed by atoms with Crippen LogP contribution in [0.4, 0.5) is 11.4 Å². The highest BCUT2D eigenvalue weighted by atomic mass is 16.5. The molecule has 3 aliphatic rings. The molecule has 1 saturated heterocycles. The molecule has 38 heavy (non-hydrogen) atoms. The number of aliphatic hydroxyl groups is 1. The Morgan fingerprint density at radius 2 is 1.95 bits per heavy atom. The van der Waals surface area contributed by atoms with E-state index < -0.39 is 17.2 Å². The molecule has 0 radical (unpaired) electrons. The van der Waals surface area contributed by atoms with E-state index in [4.69, 9.17) is 14.9 Å². The van der Waals surface area contributed by atoms with E-state index in [-0.39, 0.29) is 22.9 Å². The number of nitrogens with one attached hydrogen (secondary N) is 4. The molecule has 5 rings (SSSR count). The Bertz CT molecular complexity index is 1430. The van der Waals surface area contributed by atoms with Gasteiger partial charge >= 0.3 is 0 Å². The van der Waals surface area contributed by atoms with Crippen molar-refractivity contribution >= 4 is 40.4 Å². The number of anilines is 2. The summed E-state index contributed by atoms with van der Waals surface area (Å²) in [6.45, 7) is 2.37. The molecule has 1 spiro atoms. The summed E-state index contributed by atoms with van der Waals surface area (Å²) in [5, 5.41) is 25.6. The fourth-order valence-electron chi connectivity index (χ4n) is 5.31. The summed E-state index contributed by atoms with van der Waals surface area (Å²) in [5.74, 6) is -0.886. The number of amides is 3. The van der Waals surface area contributed by atoms with Gasteiger partial charge < -0.3 is 35.9 Å². The molecule has 1 aliphatic carbocycles. The minimum atomic E-state index is -0.788. The van der Waals surface area contributed by atoms with Gasteiger partial charge in [0, 0.05) is 42.3 Å². The number of hydrogen-bond acceptors (Lipinski definition) is 7. The van der Waals surface area contributed by atoms with Gasteiger partial charge in [0.15, 0.2) is 0 Å². The third-order valence-electron chi connectivity index (χ3n) is 7.37. The molecule has 2 heterocycles. The van der Waals surface area contributed by atoms with Crippen LogP contribution in [0.3, 0.4) is 0 Å². The predicted molar refractivity (Wildman–Crippen MR) is 141 cm³/mol. The van der Waals surface area contributed by atoms with E-state index in [9.17, 15) is 19.5 Å². The number of hydrogen-bond donors (Lipinski definition) is 5. The van der Waals surface area contributed by atoms with Gasteiger partial charge in [-0.3, -0.25) is 14.4 Å². The normalized spacial score (nSPS) is 18.5. The van der Waals surface area contributed by atoms with Crippen LogP contribution in [-0.4, -0.2) is 48.9 Å². The number of carbonyl (C=O) groups is 3. The van der Waals surface area contributed by atoms with E-state index in [2.05, 4.69) is 16.0 Å². The van der Waals surface area contributed by atoms with Crippen LogP contribution < -0.4 is 20.7 Å². The summed E-state index contributed by atoms with van der Waals surface area (Å²) < 4.78 is 10.9. The van der Waals surface area contributed by atoms with Gasteiger partial charge in [0.2, 0.25) is 5.91 Å². The fraction of sp³-hybridized carbons (Fsp3) is 0.286. The zero-order valence-corrected chi connectivity index (χ0v) is 21.1. The maximum atomic E-state index is 13.6. The minimum absolute atomic E-state index is 0.0157. The molecule has 2 aliphatic heterocycles. The molecule has 0 atom stereocenters. The molecule has 2 aromatic carbocycles.